The van der Waals surface area contributed by atoms with Crippen LogP contribution in [0.15, 0.2) is 42.6 Å². The summed E-state index contributed by atoms with van der Waals surface area (Å²) in [5, 5.41) is 6.15. The molecule has 3 aromatic rings. The van der Waals surface area contributed by atoms with E-state index in [-0.39, 0.29) is 17.2 Å². The second kappa shape index (κ2) is 6.76. The third kappa shape index (κ3) is 3.58. The first-order chi connectivity index (χ1) is 13.7. The number of benzene rings is 1. The summed E-state index contributed by atoms with van der Waals surface area (Å²) in [6.45, 7) is -0.621. The van der Waals surface area contributed by atoms with E-state index in [2.05, 4.69) is 10.1 Å². The first kappa shape index (κ1) is 18.7. The molecular weight excluding hydrogens is 389 g/mol. The van der Waals surface area contributed by atoms with Crippen molar-refractivity contribution in [3.05, 3.63) is 59.7 Å². The van der Waals surface area contributed by atoms with Crippen LogP contribution in [-0.4, -0.2) is 39.0 Å². The molecule has 1 aromatic carbocycles. The van der Waals surface area contributed by atoms with Gasteiger partial charge in [-0.05, 0) is 29.8 Å². The zero-order valence-electron chi connectivity index (χ0n) is 14.8. The van der Waals surface area contributed by atoms with E-state index in [1.807, 2.05) is 5.32 Å². The van der Waals surface area contributed by atoms with E-state index in [1.54, 1.807) is 6.07 Å². The summed E-state index contributed by atoms with van der Waals surface area (Å²) in [5.74, 6) is -4.21. The molecule has 2 aromatic heterocycles. The van der Waals surface area contributed by atoms with Crippen molar-refractivity contribution >= 4 is 23.4 Å². The minimum Gasteiger partial charge on any atom is -0.351 e. The number of hydrogen-bond acceptors (Lipinski definition) is 5. The highest BCUT2D eigenvalue weighted by molar-refractivity contribution is 6.03. The lowest BCUT2D eigenvalue weighted by Gasteiger charge is -2.25. The van der Waals surface area contributed by atoms with Gasteiger partial charge in [0.1, 0.15) is 11.6 Å². The summed E-state index contributed by atoms with van der Waals surface area (Å²) in [6.07, 6.45) is 0.683. The second-order valence-corrected chi connectivity index (χ2v) is 6.68. The fourth-order valence-corrected chi connectivity index (χ4v) is 3.42. The molecule has 8 nitrogen and oxygen atoms in total. The molecule has 1 fully saturated rings. The largest absolute Gasteiger partial charge is 0.351 e. The Bertz CT molecular complexity index is 1120. The number of primary amides is 1. The first-order valence-corrected chi connectivity index (χ1v) is 8.59. The number of nitrogens with two attached hydrogens (primary N) is 1. The molecule has 0 aliphatic carbocycles. The summed E-state index contributed by atoms with van der Waals surface area (Å²) in [6, 6.07) is 6.61. The van der Waals surface area contributed by atoms with Crippen molar-refractivity contribution < 1.29 is 22.8 Å². The number of nitrogens with one attached hydrogen (secondary N) is 1. The van der Waals surface area contributed by atoms with Crippen molar-refractivity contribution in [3.63, 3.8) is 0 Å². The van der Waals surface area contributed by atoms with Crippen LogP contribution in [0.2, 0.25) is 0 Å². The molecule has 0 spiro atoms. The van der Waals surface area contributed by atoms with E-state index >= 15 is 0 Å². The third-order valence-corrected chi connectivity index (χ3v) is 4.62. The van der Waals surface area contributed by atoms with Gasteiger partial charge in [-0.2, -0.15) is 0 Å². The number of halogens is 3. The molecule has 1 saturated heterocycles. The molecule has 3 N–H and O–H groups in total. The third-order valence-electron chi connectivity index (χ3n) is 4.62. The van der Waals surface area contributed by atoms with Crippen LogP contribution >= 0.6 is 0 Å². The van der Waals surface area contributed by atoms with Gasteiger partial charge >= 0.3 is 6.03 Å². The highest BCUT2D eigenvalue weighted by Crippen LogP contribution is 2.43. The van der Waals surface area contributed by atoms with Crippen molar-refractivity contribution in [3.8, 4) is 0 Å². The summed E-state index contributed by atoms with van der Waals surface area (Å²) in [4.78, 5) is 28.4. The number of imide groups is 1. The van der Waals surface area contributed by atoms with Gasteiger partial charge in [-0.1, -0.05) is 12.1 Å². The Balaban J connectivity index is 1.75. The van der Waals surface area contributed by atoms with Crippen molar-refractivity contribution in [2.45, 2.75) is 18.4 Å². The minimum absolute atomic E-state index is 0.0890. The van der Waals surface area contributed by atoms with Gasteiger partial charge in [-0.15, -0.1) is 5.10 Å². The number of amides is 3. The average molecular weight is 404 g/mol. The van der Waals surface area contributed by atoms with Crippen LogP contribution in [0.4, 0.5) is 23.8 Å². The van der Waals surface area contributed by atoms with E-state index < -0.39 is 42.7 Å². The molecule has 0 saturated carbocycles. The van der Waals surface area contributed by atoms with E-state index in [9.17, 15) is 22.8 Å². The number of imidazole rings is 1. The standard InChI is InChI=1S/C18H15F3N6O2/c19-11-3-1-2-10(6-11)12-7-18(20,21)9-26(12)15-5-4-14-23-8-13(27(14)25-15)16(28)24-17(22)29/h1-6,8,12H,7,9H2,(H3,22,24,28,29)/t12-/m1/s1. The zero-order chi connectivity index (χ0) is 20.8. The summed E-state index contributed by atoms with van der Waals surface area (Å²) in [7, 11) is 0. The second-order valence-electron chi connectivity index (χ2n) is 6.68. The molecule has 0 unspecified atom stereocenters. The molecule has 3 heterocycles. The zero-order valence-corrected chi connectivity index (χ0v) is 14.8. The topological polar surface area (TPSA) is 106 Å². The Hall–Kier alpha value is -3.63. The molecule has 150 valence electrons. The minimum atomic E-state index is -3.01. The average Bonchev–Trinajstić information content (AvgIpc) is 3.21. The van der Waals surface area contributed by atoms with E-state index in [1.165, 1.54) is 41.4 Å². The number of carbonyl (C=O) groups excluding carboxylic acids is 2. The van der Waals surface area contributed by atoms with Crippen molar-refractivity contribution in [1.29, 1.82) is 0 Å². The van der Waals surface area contributed by atoms with Crippen molar-refractivity contribution in [1.82, 2.24) is 19.9 Å². The predicted octanol–water partition coefficient (Wildman–Crippen LogP) is 2.26. The molecule has 1 aliphatic rings. The van der Waals surface area contributed by atoms with Gasteiger partial charge in [0.25, 0.3) is 11.8 Å². The molecule has 0 radical (unpaired) electrons. The van der Waals surface area contributed by atoms with Gasteiger partial charge < -0.3 is 10.6 Å². The number of hydrogen-bond donors (Lipinski definition) is 2. The number of rotatable bonds is 3. The molecular formula is C18H15F3N6O2. The summed E-state index contributed by atoms with van der Waals surface area (Å²) in [5.41, 5.74) is 5.53. The predicted molar refractivity (Wildman–Crippen MR) is 96.1 cm³/mol. The van der Waals surface area contributed by atoms with Gasteiger partial charge in [0, 0.05) is 6.42 Å². The fraction of sp³-hybridized carbons (Fsp3) is 0.222. The number of urea groups is 1. The van der Waals surface area contributed by atoms with Crippen LogP contribution in [0.3, 0.4) is 0 Å². The lowest BCUT2D eigenvalue weighted by molar-refractivity contribution is 0.0222. The summed E-state index contributed by atoms with van der Waals surface area (Å²) >= 11 is 0. The Morgan fingerprint density at radius 2 is 2.03 bits per heavy atom. The molecule has 11 heteroatoms. The van der Waals surface area contributed by atoms with E-state index in [0.29, 0.717) is 5.56 Å². The van der Waals surface area contributed by atoms with Crippen LogP contribution in [-0.2, 0) is 0 Å². The van der Waals surface area contributed by atoms with Gasteiger partial charge in [0.2, 0.25) is 0 Å². The molecule has 29 heavy (non-hydrogen) atoms. The smallest absolute Gasteiger partial charge is 0.319 e. The highest BCUT2D eigenvalue weighted by atomic mass is 19.3. The van der Waals surface area contributed by atoms with Crippen molar-refractivity contribution in [2.75, 3.05) is 11.4 Å². The number of aromatic nitrogens is 3. The van der Waals surface area contributed by atoms with Crippen LogP contribution in [0.25, 0.3) is 5.65 Å². The quantitative estimate of drug-likeness (QED) is 0.697. The number of fused-ring (bicyclic) bond motifs is 1. The maximum atomic E-state index is 14.2. The molecule has 1 aliphatic heterocycles. The SMILES string of the molecule is NC(=O)NC(=O)c1cnc2ccc(N3CC(F)(F)C[C@@H]3c3cccc(F)c3)nn12. The van der Waals surface area contributed by atoms with Gasteiger partial charge in [-0.25, -0.2) is 27.5 Å². The highest BCUT2D eigenvalue weighted by Gasteiger charge is 2.46. The number of anilines is 1. The Labute approximate surface area is 162 Å². The Morgan fingerprint density at radius 3 is 2.76 bits per heavy atom. The molecule has 3 amide bonds. The normalized spacial score (nSPS) is 18.2. The van der Waals surface area contributed by atoms with Crippen LogP contribution in [0, 0.1) is 5.82 Å². The van der Waals surface area contributed by atoms with Crippen molar-refractivity contribution in [2.24, 2.45) is 5.73 Å². The van der Waals surface area contributed by atoms with E-state index in [4.69, 9.17) is 5.73 Å². The number of alkyl halides is 2. The monoisotopic (exact) mass is 404 g/mol. The number of nitrogens with zero attached hydrogens (tertiary/aromatic N) is 4. The van der Waals surface area contributed by atoms with E-state index in [0.717, 1.165) is 4.52 Å². The van der Waals surface area contributed by atoms with Gasteiger partial charge in [0.05, 0.1) is 18.8 Å². The Morgan fingerprint density at radius 1 is 1.24 bits per heavy atom. The number of carbonyl (C=O) groups is 2. The molecule has 1 atom stereocenters. The van der Waals surface area contributed by atoms with Crippen LogP contribution in [0.5, 0.6) is 0 Å². The fourth-order valence-electron chi connectivity index (χ4n) is 3.42. The molecule has 4 rings (SSSR count). The van der Waals surface area contributed by atoms with Gasteiger partial charge in [0.15, 0.2) is 11.3 Å². The van der Waals surface area contributed by atoms with Crippen LogP contribution in [0.1, 0.15) is 28.5 Å². The first-order valence-electron chi connectivity index (χ1n) is 8.59. The maximum absolute atomic E-state index is 14.2. The lowest BCUT2D eigenvalue weighted by Crippen LogP contribution is -2.35. The lowest BCUT2D eigenvalue weighted by atomic mass is 10.0. The molecule has 0 bridgehead atoms. The van der Waals surface area contributed by atoms with Gasteiger partial charge in [-0.3, -0.25) is 10.1 Å². The Kier molecular flexibility index (Phi) is 4.36. The van der Waals surface area contributed by atoms with Crippen LogP contribution < -0.4 is 16.0 Å². The summed E-state index contributed by atoms with van der Waals surface area (Å²) < 4.78 is 43.2. The maximum Gasteiger partial charge on any atom is 0.319 e.